The molecule has 0 aliphatic rings. The topological polar surface area (TPSA) is 55.2 Å². The second kappa shape index (κ2) is 6.99. The van der Waals surface area contributed by atoms with Gasteiger partial charge in [0.15, 0.2) is 0 Å². The minimum absolute atomic E-state index is 0.197. The van der Waals surface area contributed by atoms with E-state index in [4.69, 9.17) is 0 Å². The molecule has 0 aromatic heterocycles. The molecule has 0 saturated carbocycles. The van der Waals surface area contributed by atoms with Crippen LogP contribution < -0.4 is 5.32 Å². The number of nitrogens with one attached hydrogen (secondary N) is 1. The van der Waals surface area contributed by atoms with Crippen molar-refractivity contribution in [3.8, 4) is 0 Å². The van der Waals surface area contributed by atoms with Crippen LogP contribution in [-0.4, -0.2) is 11.5 Å². The first-order valence-corrected chi connectivity index (χ1v) is 7.10. The average Bonchev–Trinajstić information content (AvgIpc) is 2.48. The molecule has 0 aliphatic carbocycles. The van der Waals surface area contributed by atoms with Gasteiger partial charge >= 0.3 is 0 Å². The van der Waals surface area contributed by atoms with Gasteiger partial charge in [0.1, 0.15) is 0 Å². The van der Waals surface area contributed by atoms with Crippen LogP contribution in [0.1, 0.15) is 29.7 Å². The fraction of sp³-hybridized carbons (Fsp3) is 0.294. The number of para-hydroxylation sites is 1. The van der Waals surface area contributed by atoms with Crippen molar-refractivity contribution in [3.63, 3.8) is 0 Å². The maximum absolute atomic E-state index is 11.0. The second-order valence-electron chi connectivity index (χ2n) is 5.22. The summed E-state index contributed by atoms with van der Waals surface area (Å²) in [6.07, 6.45) is 0.646. The number of aryl methyl sites for hydroxylation is 1. The summed E-state index contributed by atoms with van der Waals surface area (Å²) in [5, 5.41) is 14.4. The third-order valence-electron chi connectivity index (χ3n) is 3.61. The van der Waals surface area contributed by atoms with Crippen molar-refractivity contribution in [2.75, 3.05) is 6.54 Å². The Morgan fingerprint density at radius 2 is 1.81 bits per heavy atom. The summed E-state index contributed by atoms with van der Waals surface area (Å²) in [6.45, 7) is 4.88. The van der Waals surface area contributed by atoms with Crippen LogP contribution in [-0.2, 0) is 6.42 Å². The maximum atomic E-state index is 11.0. The third kappa shape index (κ3) is 4.13. The van der Waals surface area contributed by atoms with Gasteiger partial charge in [-0.1, -0.05) is 48.0 Å². The lowest BCUT2D eigenvalue weighted by Gasteiger charge is -2.14. The number of nitrogens with zero attached hydrogens (tertiary/aromatic N) is 1. The summed E-state index contributed by atoms with van der Waals surface area (Å²) in [5.74, 6) is 0. The summed E-state index contributed by atoms with van der Waals surface area (Å²) in [4.78, 5) is 10.6. The van der Waals surface area contributed by atoms with E-state index < -0.39 is 0 Å². The lowest BCUT2D eigenvalue weighted by Crippen LogP contribution is -2.21. The van der Waals surface area contributed by atoms with E-state index in [0.29, 0.717) is 13.0 Å². The van der Waals surface area contributed by atoms with Gasteiger partial charge in [-0.15, -0.1) is 0 Å². The molecule has 0 fully saturated rings. The highest BCUT2D eigenvalue weighted by atomic mass is 16.6. The zero-order valence-electron chi connectivity index (χ0n) is 12.4. The number of rotatable bonds is 6. The van der Waals surface area contributed by atoms with E-state index in [0.717, 1.165) is 5.56 Å². The quantitative estimate of drug-likeness (QED) is 0.648. The number of hydrogen-bond donors (Lipinski definition) is 1. The van der Waals surface area contributed by atoms with Crippen molar-refractivity contribution >= 4 is 5.69 Å². The zero-order valence-corrected chi connectivity index (χ0v) is 12.4. The van der Waals surface area contributed by atoms with E-state index in [1.54, 1.807) is 12.1 Å². The molecule has 1 N–H and O–H groups in total. The van der Waals surface area contributed by atoms with Crippen molar-refractivity contribution in [3.05, 3.63) is 75.3 Å². The van der Waals surface area contributed by atoms with Crippen LogP contribution in [0.2, 0.25) is 0 Å². The Labute approximate surface area is 125 Å². The van der Waals surface area contributed by atoms with Gasteiger partial charge < -0.3 is 5.32 Å². The number of hydrogen-bond acceptors (Lipinski definition) is 3. The number of benzene rings is 2. The Morgan fingerprint density at radius 1 is 1.14 bits per heavy atom. The molecule has 21 heavy (non-hydrogen) atoms. The predicted octanol–water partition coefficient (Wildman–Crippen LogP) is 3.80. The number of nitro benzene ring substituents is 1. The van der Waals surface area contributed by atoms with Crippen LogP contribution in [0, 0.1) is 17.0 Å². The molecule has 0 unspecified atom stereocenters. The molecule has 0 saturated heterocycles. The number of nitro groups is 1. The molecule has 1 atom stereocenters. The van der Waals surface area contributed by atoms with Gasteiger partial charge in [0, 0.05) is 17.7 Å². The Kier molecular flexibility index (Phi) is 5.06. The molecule has 4 heteroatoms. The Bertz CT molecular complexity index is 608. The molecule has 0 radical (unpaired) electrons. The van der Waals surface area contributed by atoms with E-state index in [2.05, 4.69) is 43.4 Å². The van der Waals surface area contributed by atoms with Crippen LogP contribution in [0.15, 0.2) is 48.5 Å². The smallest absolute Gasteiger partial charge is 0.272 e. The van der Waals surface area contributed by atoms with Gasteiger partial charge in [-0.25, -0.2) is 0 Å². The lowest BCUT2D eigenvalue weighted by atomic mass is 10.1. The summed E-state index contributed by atoms with van der Waals surface area (Å²) in [5.41, 5.74) is 3.43. The Morgan fingerprint density at radius 3 is 2.48 bits per heavy atom. The van der Waals surface area contributed by atoms with Gasteiger partial charge in [0.2, 0.25) is 0 Å². The fourth-order valence-electron chi connectivity index (χ4n) is 2.30. The molecule has 0 aliphatic heterocycles. The highest BCUT2D eigenvalue weighted by Gasteiger charge is 2.12. The Balaban J connectivity index is 1.92. The molecule has 0 spiro atoms. The normalized spacial score (nSPS) is 12.1. The molecule has 4 nitrogen and oxygen atoms in total. The van der Waals surface area contributed by atoms with E-state index in [1.165, 1.54) is 11.1 Å². The third-order valence-corrected chi connectivity index (χ3v) is 3.61. The predicted molar refractivity (Wildman–Crippen MR) is 84.4 cm³/mol. The largest absolute Gasteiger partial charge is 0.310 e. The summed E-state index contributed by atoms with van der Waals surface area (Å²) in [6, 6.07) is 15.5. The van der Waals surface area contributed by atoms with Crippen molar-refractivity contribution in [2.45, 2.75) is 26.3 Å². The van der Waals surface area contributed by atoms with Gasteiger partial charge in [-0.2, -0.15) is 0 Å². The molecular formula is C17H20N2O2. The highest BCUT2D eigenvalue weighted by molar-refractivity contribution is 5.39. The fourth-order valence-corrected chi connectivity index (χ4v) is 2.30. The minimum atomic E-state index is -0.321. The summed E-state index contributed by atoms with van der Waals surface area (Å²) < 4.78 is 0. The van der Waals surface area contributed by atoms with E-state index >= 15 is 0 Å². The van der Waals surface area contributed by atoms with Crippen LogP contribution >= 0.6 is 0 Å². The SMILES string of the molecule is Cc1ccc([C@H](C)NCCc2ccccc2[N+](=O)[O-])cc1. The average molecular weight is 284 g/mol. The van der Waals surface area contributed by atoms with Crippen molar-refractivity contribution in [2.24, 2.45) is 0 Å². The first kappa shape index (κ1) is 15.2. The lowest BCUT2D eigenvalue weighted by molar-refractivity contribution is -0.385. The molecule has 0 amide bonds. The monoisotopic (exact) mass is 284 g/mol. The Hall–Kier alpha value is -2.20. The minimum Gasteiger partial charge on any atom is -0.310 e. The van der Waals surface area contributed by atoms with Crippen molar-refractivity contribution in [1.29, 1.82) is 0 Å². The van der Waals surface area contributed by atoms with Crippen LogP contribution in [0.4, 0.5) is 5.69 Å². The molecule has 2 rings (SSSR count). The molecule has 110 valence electrons. The van der Waals surface area contributed by atoms with Crippen LogP contribution in [0.5, 0.6) is 0 Å². The van der Waals surface area contributed by atoms with Gasteiger partial charge in [-0.05, 0) is 32.4 Å². The van der Waals surface area contributed by atoms with Gasteiger partial charge in [0.25, 0.3) is 5.69 Å². The first-order valence-electron chi connectivity index (χ1n) is 7.10. The molecule has 2 aromatic carbocycles. The van der Waals surface area contributed by atoms with Crippen LogP contribution in [0.3, 0.4) is 0 Å². The van der Waals surface area contributed by atoms with E-state index in [1.807, 2.05) is 12.1 Å². The first-order chi connectivity index (χ1) is 10.1. The molecule has 0 heterocycles. The standard InChI is InChI=1S/C17H20N2O2/c1-13-7-9-15(10-8-13)14(2)18-12-11-16-5-3-4-6-17(16)19(20)21/h3-10,14,18H,11-12H2,1-2H3/t14-/m0/s1. The van der Waals surface area contributed by atoms with Crippen molar-refractivity contribution in [1.82, 2.24) is 5.32 Å². The van der Waals surface area contributed by atoms with Gasteiger partial charge in [0.05, 0.1) is 4.92 Å². The molecule has 2 aromatic rings. The highest BCUT2D eigenvalue weighted by Crippen LogP contribution is 2.18. The van der Waals surface area contributed by atoms with Crippen molar-refractivity contribution < 1.29 is 4.92 Å². The molecule has 0 bridgehead atoms. The van der Waals surface area contributed by atoms with E-state index in [-0.39, 0.29) is 16.7 Å². The van der Waals surface area contributed by atoms with Crippen LogP contribution in [0.25, 0.3) is 0 Å². The second-order valence-corrected chi connectivity index (χ2v) is 5.22. The zero-order chi connectivity index (χ0) is 15.2. The molecular weight excluding hydrogens is 264 g/mol. The van der Waals surface area contributed by atoms with E-state index in [9.17, 15) is 10.1 Å². The maximum Gasteiger partial charge on any atom is 0.272 e. The van der Waals surface area contributed by atoms with Gasteiger partial charge in [-0.3, -0.25) is 10.1 Å². The summed E-state index contributed by atoms with van der Waals surface area (Å²) >= 11 is 0. The summed E-state index contributed by atoms with van der Waals surface area (Å²) in [7, 11) is 0.